The largest absolute Gasteiger partial charge is 0.483 e. The summed E-state index contributed by atoms with van der Waals surface area (Å²) in [5.41, 5.74) is 2.10. The number of aryl methyl sites for hydroxylation is 2. The van der Waals surface area contributed by atoms with Gasteiger partial charge in [-0.3, -0.25) is 9.59 Å². The van der Waals surface area contributed by atoms with Crippen molar-refractivity contribution in [1.82, 2.24) is 4.90 Å². The van der Waals surface area contributed by atoms with Gasteiger partial charge in [-0.05, 0) is 50.8 Å². The maximum absolute atomic E-state index is 12.3. The SMILES string of the molecule is CCOC(=O)C1CCCN(C(=O)COc2cc(C)ccc2C)C1. The van der Waals surface area contributed by atoms with Gasteiger partial charge in [0.1, 0.15) is 5.75 Å². The van der Waals surface area contributed by atoms with Crippen LogP contribution in [0.15, 0.2) is 18.2 Å². The van der Waals surface area contributed by atoms with Gasteiger partial charge in [0.15, 0.2) is 6.61 Å². The Kier molecular flexibility index (Phi) is 6.02. The van der Waals surface area contributed by atoms with Crippen LogP contribution in [0.5, 0.6) is 5.75 Å². The first-order chi connectivity index (χ1) is 11.0. The molecule has 0 N–H and O–H groups in total. The molecule has 1 fully saturated rings. The number of hydrogen-bond donors (Lipinski definition) is 0. The third kappa shape index (κ3) is 4.71. The molecule has 2 rings (SSSR count). The van der Waals surface area contributed by atoms with E-state index in [4.69, 9.17) is 9.47 Å². The third-order valence-corrected chi connectivity index (χ3v) is 4.09. The standard InChI is InChI=1S/C18H25NO4/c1-4-22-18(21)15-6-5-9-19(11-15)17(20)12-23-16-10-13(2)7-8-14(16)3/h7-8,10,15H,4-6,9,11-12H2,1-3H3. The monoisotopic (exact) mass is 319 g/mol. The summed E-state index contributed by atoms with van der Waals surface area (Å²) in [7, 11) is 0. The minimum Gasteiger partial charge on any atom is -0.483 e. The molecular formula is C18H25NO4. The maximum Gasteiger partial charge on any atom is 0.310 e. The highest BCUT2D eigenvalue weighted by molar-refractivity contribution is 5.79. The molecule has 1 saturated heterocycles. The molecule has 1 aromatic rings. The summed E-state index contributed by atoms with van der Waals surface area (Å²) in [4.78, 5) is 25.9. The smallest absolute Gasteiger partial charge is 0.310 e. The second-order valence-corrected chi connectivity index (χ2v) is 5.99. The molecule has 0 aliphatic carbocycles. The number of carbonyl (C=O) groups excluding carboxylic acids is 2. The van der Waals surface area contributed by atoms with Crippen LogP contribution in [0.4, 0.5) is 0 Å². The Morgan fingerprint density at radius 1 is 1.30 bits per heavy atom. The number of piperidine rings is 1. The average Bonchev–Trinajstić information content (AvgIpc) is 2.55. The number of nitrogens with zero attached hydrogens (tertiary/aromatic N) is 1. The number of ether oxygens (including phenoxy) is 2. The van der Waals surface area contributed by atoms with Crippen LogP contribution in [0.1, 0.15) is 30.9 Å². The minimum atomic E-state index is -0.214. The zero-order chi connectivity index (χ0) is 16.8. The van der Waals surface area contributed by atoms with Crippen molar-refractivity contribution in [3.63, 3.8) is 0 Å². The fourth-order valence-corrected chi connectivity index (χ4v) is 2.75. The van der Waals surface area contributed by atoms with Crippen LogP contribution in [-0.4, -0.2) is 43.1 Å². The number of rotatable bonds is 5. The Labute approximate surface area is 137 Å². The second kappa shape index (κ2) is 7.99. The number of esters is 1. The lowest BCUT2D eigenvalue weighted by Gasteiger charge is -2.31. The predicted octanol–water partition coefficient (Wildman–Crippen LogP) is 2.48. The van der Waals surface area contributed by atoms with Gasteiger partial charge in [-0.15, -0.1) is 0 Å². The molecular weight excluding hydrogens is 294 g/mol. The summed E-state index contributed by atoms with van der Waals surface area (Å²) < 4.78 is 10.7. The summed E-state index contributed by atoms with van der Waals surface area (Å²) in [5.74, 6) is 0.228. The van der Waals surface area contributed by atoms with E-state index in [2.05, 4.69) is 0 Å². The average molecular weight is 319 g/mol. The van der Waals surface area contributed by atoms with Crippen LogP contribution >= 0.6 is 0 Å². The van der Waals surface area contributed by atoms with E-state index in [-0.39, 0.29) is 24.4 Å². The lowest BCUT2D eigenvalue weighted by atomic mass is 9.98. The summed E-state index contributed by atoms with van der Waals surface area (Å²) >= 11 is 0. The van der Waals surface area contributed by atoms with Crippen molar-refractivity contribution in [2.24, 2.45) is 5.92 Å². The summed E-state index contributed by atoms with van der Waals surface area (Å²) in [6.45, 7) is 7.21. The Bertz CT molecular complexity index is 570. The van der Waals surface area contributed by atoms with Crippen molar-refractivity contribution in [2.45, 2.75) is 33.6 Å². The van der Waals surface area contributed by atoms with Crippen molar-refractivity contribution in [1.29, 1.82) is 0 Å². The van der Waals surface area contributed by atoms with Gasteiger partial charge in [0, 0.05) is 13.1 Å². The summed E-state index contributed by atoms with van der Waals surface area (Å²) in [5, 5.41) is 0. The molecule has 0 radical (unpaired) electrons. The van der Waals surface area contributed by atoms with Crippen LogP contribution < -0.4 is 4.74 Å². The highest BCUT2D eigenvalue weighted by Crippen LogP contribution is 2.21. The van der Waals surface area contributed by atoms with Crippen LogP contribution in [0.25, 0.3) is 0 Å². The van der Waals surface area contributed by atoms with E-state index in [1.165, 1.54) is 0 Å². The topological polar surface area (TPSA) is 55.8 Å². The summed E-state index contributed by atoms with van der Waals surface area (Å²) in [6.07, 6.45) is 1.60. The fourth-order valence-electron chi connectivity index (χ4n) is 2.75. The van der Waals surface area contributed by atoms with Gasteiger partial charge in [0.05, 0.1) is 12.5 Å². The van der Waals surface area contributed by atoms with E-state index in [0.717, 1.165) is 29.7 Å². The fraction of sp³-hybridized carbons (Fsp3) is 0.556. The molecule has 126 valence electrons. The van der Waals surface area contributed by atoms with Crippen LogP contribution in [0, 0.1) is 19.8 Å². The first-order valence-electron chi connectivity index (χ1n) is 8.15. The first kappa shape index (κ1) is 17.3. The third-order valence-electron chi connectivity index (χ3n) is 4.09. The number of carbonyl (C=O) groups is 2. The van der Waals surface area contributed by atoms with Gasteiger partial charge in [0.25, 0.3) is 5.91 Å². The molecule has 1 atom stereocenters. The molecule has 1 heterocycles. The van der Waals surface area contributed by atoms with Crippen LogP contribution in [-0.2, 0) is 14.3 Å². The van der Waals surface area contributed by atoms with Crippen LogP contribution in [0.2, 0.25) is 0 Å². The molecule has 0 bridgehead atoms. The highest BCUT2D eigenvalue weighted by Gasteiger charge is 2.29. The van der Waals surface area contributed by atoms with Gasteiger partial charge < -0.3 is 14.4 Å². The zero-order valence-corrected chi connectivity index (χ0v) is 14.1. The van der Waals surface area contributed by atoms with Crippen molar-refractivity contribution in [3.8, 4) is 5.75 Å². The van der Waals surface area contributed by atoms with Gasteiger partial charge in [-0.2, -0.15) is 0 Å². The lowest BCUT2D eigenvalue weighted by Crippen LogP contribution is -2.44. The van der Waals surface area contributed by atoms with Crippen molar-refractivity contribution < 1.29 is 19.1 Å². The van der Waals surface area contributed by atoms with Crippen molar-refractivity contribution >= 4 is 11.9 Å². The van der Waals surface area contributed by atoms with E-state index in [0.29, 0.717) is 19.7 Å². The molecule has 0 aromatic heterocycles. The van der Waals surface area contributed by atoms with Crippen molar-refractivity contribution in [3.05, 3.63) is 29.3 Å². The Morgan fingerprint density at radius 3 is 2.83 bits per heavy atom. The Balaban J connectivity index is 1.90. The first-order valence-corrected chi connectivity index (χ1v) is 8.15. The van der Waals surface area contributed by atoms with Gasteiger partial charge >= 0.3 is 5.97 Å². The van der Waals surface area contributed by atoms with Crippen LogP contribution in [0.3, 0.4) is 0 Å². The maximum atomic E-state index is 12.3. The zero-order valence-electron chi connectivity index (χ0n) is 14.1. The van der Waals surface area contributed by atoms with E-state index in [9.17, 15) is 9.59 Å². The molecule has 0 spiro atoms. The number of benzene rings is 1. The van der Waals surface area contributed by atoms with Gasteiger partial charge in [0.2, 0.25) is 0 Å². The molecule has 0 saturated carbocycles. The molecule has 1 aliphatic rings. The minimum absolute atomic E-state index is 0.000160. The quantitative estimate of drug-likeness (QED) is 0.783. The number of hydrogen-bond acceptors (Lipinski definition) is 4. The molecule has 1 unspecified atom stereocenters. The second-order valence-electron chi connectivity index (χ2n) is 5.99. The van der Waals surface area contributed by atoms with E-state index in [1.54, 1.807) is 11.8 Å². The predicted molar refractivity (Wildman–Crippen MR) is 87.3 cm³/mol. The molecule has 5 heteroatoms. The summed E-state index contributed by atoms with van der Waals surface area (Å²) in [6, 6.07) is 5.92. The van der Waals surface area contributed by atoms with E-state index >= 15 is 0 Å². The van der Waals surface area contributed by atoms with Crippen molar-refractivity contribution in [2.75, 3.05) is 26.3 Å². The van der Waals surface area contributed by atoms with Gasteiger partial charge in [-0.25, -0.2) is 0 Å². The van der Waals surface area contributed by atoms with E-state index in [1.807, 2.05) is 32.0 Å². The normalized spacial score (nSPS) is 17.7. The molecule has 23 heavy (non-hydrogen) atoms. The van der Waals surface area contributed by atoms with E-state index < -0.39 is 0 Å². The number of amides is 1. The molecule has 5 nitrogen and oxygen atoms in total. The van der Waals surface area contributed by atoms with Gasteiger partial charge in [-0.1, -0.05) is 12.1 Å². The lowest BCUT2D eigenvalue weighted by molar-refractivity contribution is -0.151. The molecule has 1 aromatic carbocycles. The molecule has 1 amide bonds. The molecule has 1 aliphatic heterocycles. The number of likely N-dealkylation sites (tertiary alicyclic amines) is 1. The Hall–Kier alpha value is -2.04. The Morgan fingerprint density at radius 2 is 2.09 bits per heavy atom. The highest BCUT2D eigenvalue weighted by atomic mass is 16.5.